The van der Waals surface area contributed by atoms with Crippen LogP contribution in [0.25, 0.3) is 0 Å². The van der Waals surface area contributed by atoms with Gasteiger partial charge in [0.15, 0.2) is 0 Å². The Labute approximate surface area is 175 Å². The first kappa shape index (κ1) is 24.4. The maximum Gasteiger partial charge on any atom is 2.00 e. The van der Waals surface area contributed by atoms with Crippen molar-refractivity contribution in [2.24, 2.45) is 0 Å². The molecule has 0 N–H and O–H groups in total. The second-order valence-corrected chi connectivity index (χ2v) is 11.4. The Balaban J connectivity index is 0.000000421. The molecule has 0 heterocycles. The quantitative estimate of drug-likeness (QED) is 0.246. The molecular formula is C24H41NiP. The Hall–Kier alpha value is 0.404. The summed E-state index contributed by atoms with van der Waals surface area (Å²) in [6.07, 6.45) is 33.6. The van der Waals surface area contributed by atoms with Crippen molar-refractivity contribution in [1.29, 1.82) is 0 Å². The molecule has 0 saturated heterocycles. The molecule has 0 aromatic heterocycles. The van der Waals surface area contributed by atoms with Crippen molar-refractivity contribution in [3.8, 4) is 0 Å². The predicted octanol–water partition coefficient (Wildman–Crippen LogP) is 8.22. The summed E-state index contributed by atoms with van der Waals surface area (Å²) in [5.41, 5.74) is 3.57. The van der Waals surface area contributed by atoms with Crippen molar-refractivity contribution in [3.05, 3.63) is 31.7 Å². The van der Waals surface area contributed by atoms with Crippen molar-refractivity contribution in [1.82, 2.24) is 0 Å². The third-order valence-corrected chi connectivity index (χ3v) is 10.7. The van der Waals surface area contributed by atoms with Gasteiger partial charge in [0.05, 0.1) is 0 Å². The van der Waals surface area contributed by atoms with Crippen LogP contribution < -0.4 is 0 Å². The zero-order valence-corrected chi connectivity index (χ0v) is 18.9. The molecule has 0 aromatic rings. The van der Waals surface area contributed by atoms with E-state index < -0.39 is 0 Å². The van der Waals surface area contributed by atoms with Crippen molar-refractivity contribution in [3.63, 3.8) is 0 Å². The van der Waals surface area contributed by atoms with Crippen LogP contribution in [-0.4, -0.2) is 17.0 Å². The summed E-state index contributed by atoms with van der Waals surface area (Å²) in [7, 11) is 0.385. The minimum Gasteiger partial charge on any atom is -0.358 e. The van der Waals surface area contributed by atoms with Gasteiger partial charge in [0, 0.05) is 0 Å². The van der Waals surface area contributed by atoms with E-state index in [1.54, 1.807) is 77.0 Å². The van der Waals surface area contributed by atoms with Gasteiger partial charge >= 0.3 is 16.5 Å². The van der Waals surface area contributed by atoms with E-state index in [1.165, 1.54) is 36.2 Å². The molecule has 3 fully saturated rings. The summed E-state index contributed by atoms with van der Waals surface area (Å²) in [5.74, 6) is 0. The SMILES string of the molecule is C1CCC(P(C2CCCCC2)C2CCCCC2)CC1.[C-]1=CC=CC1.[CH3-].[Ni+2]. The van der Waals surface area contributed by atoms with E-state index in [1.807, 2.05) is 12.2 Å². The smallest absolute Gasteiger partial charge is 0.358 e. The van der Waals surface area contributed by atoms with Crippen LogP contribution >= 0.6 is 7.92 Å². The van der Waals surface area contributed by atoms with E-state index in [9.17, 15) is 0 Å². The third kappa shape index (κ3) is 7.80. The number of allylic oxidation sites excluding steroid dienone is 4. The van der Waals surface area contributed by atoms with Crippen LogP contribution in [0.4, 0.5) is 0 Å². The summed E-state index contributed by atoms with van der Waals surface area (Å²) < 4.78 is 0. The van der Waals surface area contributed by atoms with Crippen LogP contribution in [0.15, 0.2) is 18.2 Å². The molecule has 0 amide bonds. The summed E-state index contributed by atoms with van der Waals surface area (Å²) in [6, 6.07) is 0. The van der Waals surface area contributed by atoms with Gasteiger partial charge in [-0.2, -0.15) is 6.08 Å². The maximum absolute atomic E-state index is 2.99. The van der Waals surface area contributed by atoms with Gasteiger partial charge in [-0.15, -0.1) is 6.42 Å². The normalized spacial score (nSPS) is 24.5. The fraction of sp³-hybridized carbons (Fsp3) is 0.792. The Kier molecular flexibility index (Phi) is 13.5. The summed E-state index contributed by atoms with van der Waals surface area (Å²) in [4.78, 5) is 0. The third-order valence-electron chi connectivity index (χ3n) is 6.57. The molecule has 0 aromatic carbocycles. The van der Waals surface area contributed by atoms with Gasteiger partial charge in [0.25, 0.3) is 0 Å². The molecule has 4 aliphatic carbocycles. The number of hydrogen-bond donors (Lipinski definition) is 0. The topological polar surface area (TPSA) is 0 Å². The zero-order chi connectivity index (χ0) is 16.5. The van der Waals surface area contributed by atoms with Crippen molar-refractivity contribution in [2.45, 2.75) is 120 Å². The monoisotopic (exact) mass is 418 g/mol. The maximum atomic E-state index is 2.99. The van der Waals surface area contributed by atoms with Crippen LogP contribution in [0.5, 0.6) is 0 Å². The molecule has 152 valence electrons. The molecular weight excluding hydrogens is 378 g/mol. The Morgan fingerprint density at radius 3 is 1.23 bits per heavy atom. The van der Waals surface area contributed by atoms with E-state index >= 15 is 0 Å². The second kappa shape index (κ2) is 14.4. The van der Waals surface area contributed by atoms with E-state index in [-0.39, 0.29) is 23.9 Å². The van der Waals surface area contributed by atoms with E-state index in [2.05, 4.69) is 12.2 Å². The van der Waals surface area contributed by atoms with Gasteiger partial charge in [-0.05, 0) is 55.5 Å². The molecule has 2 heteroatoms. The van der Waals surface area contributed by atoms with Gasteiger partial charge in [-0.3, -0.25) is 6.08 Å². The van der Waals surface area contributed by atoms with Gasteiger partial charge in [0.1, 0.15) is 0 Å². The molecule has 0 atom stereocenters. The first-order valence-electron chi connectivity index (χ1n) is 10.9. The molecule has 0 aliphatic heterocycles. The minimum absolute atomic E-state index is 0. The summed E-state index contributed by atoms with van der Waals surface area (Å²) in [5, 5.41) is 0. The second-order valence-electron chi connectivity index (χ2n) is 8.33. The van der Waals surface area contributed by atoms with Crippen LogP contribution in [0.1, 0.15) is 103 Å². The molecule has 4 aliphatic rings. The molecule has 0 radical (unpaired) electrons. The number of hydrogen-bond acceptors (Lipinski definition) is 0. The fourth-order valence-corrected chi connectivity index (χ4v) is 10.0. The summed E-state index contributed by atoms with van der Waals surface area (Å²) >= 11 is 0. The van der Waals surface area contributed by atoms with Crippen LogP contribution in [0.2, 0.25) is 0 Å². The van der Waals surface area contributed by atoms with Gasteiger partial charge in [-0.25, -0.2) is 12.2 Å². The Bertz CT molecular complexity index is 332. The average molecular weight is 419 g/mol. The van der Waals surface area contributed by atoms with Gasteiger partial charge in [-0.1, -0.05) is 65.7 Å². The minimum atomic E-state index is 0. The van der Waals surface area contributed by atoms with Crippen LogP contribution in [-0.2, 0) is 16.5 Å². The molecule has 0 spiro atoms. The molecule has 0 bridgehead atoms. The molecule has 26 heavy (non-hydrogen) atoms. The molecule has 4 rings (SSSR count). The fourth-order valence-electron chi connectivity index (χ4n) is 5.37. The van der Waals surface area contributed by atoms with Gasteiger partial charge < -0.3 is 7.43 Å². The van der Waals surface area contributed by atoms with Gasteiger partial charge in [0.2, 0.25) is 0 Å². The van der Waals surface area contributed by atoms with Crippen LogP contribution in [0.3, 0.4) is 0 Å². The van der Waals surface area contributed by atoms with Crippen LogP contribution in [0, 0.1) is 13.5 Å². The zero-order valence-electron chi connectivity index (χ0n) is 17.0. The largest absolute Gasteiger partial charge is 2.00 e. The molecule has 0 nitrogen and oxygen atoms in total. The summed E-state index contributed by atoms with van der Waals surface area (Å²) in [6.45, 7) is 0. The Morgan fingerprint density at radius 2 is 1.00 bits per heavy atom. The average Bonchev–Trinajstić information content (AvgIpc) is 3.25. The molecule has 3 saturated carbocycles. The van der Waals surface area contributed by atoms with Crippen molar-refractivity contribution >= 4 is 7.92 Å². The number of rotatable bonds is 3. The first-order chi connectivity index (χ1) is 11.9. The standard InChI is InChI=1S/C18H33P.C5H5.CH3.Ni/c1-4-10-16(11-5-1)19(17-12-6-2-7-13-17)18-14-8-3-9-15-18;1-2-4-5-3-1;;/h16-18H,1-15H2;1-3H,4H2;1H3;/q;2*-1;+2. The van der Waals surface area contributed by atoms with Crippen molar-refractivity contribution in [2.75, 3.05) is 0 Å². The van der Waals surface area contributed by atoms with E-state index in [0.29, 0.717) is 7.92 Å². The van der Waals surface area contributed by atoms with E-state index in [4.69, 9.17) is 0 Å². The predicted molar refractivity (Wildman–Crippen MR) is 116 cm³/mol. The first-order valence-corrected chi connectivity index (χ1v) is 12.5. The molecule has 0 unspecified atom stereocenters. The Morgan fingerprint density at radius 1 is 0.615 bits per heavy atom. The van der Waals surface area contributed by atoms with E-state index in [0.717, 1.165) is 6.42 Å². The van der Waals surface area contributed by atoms with Crippen molar-refractivity contribution < 1.29 is 16.5 Å².